The summed E-state index contributed by atoms with van der Waals surface area (Å²) < 4.78 is 0. The second-order valence-corrected chi connectivity index (χ2v) is 6.17. The van der Waals surface area contributed by atoms with E-state index in [4.69, 9.17) is 5.73 Å². The molecule has 1 atom stereocenters. The largest absolute Gasteiger partial charge is 0.356 e. The van der Waals surface area contributed by atoms with Crippen molar-refractivity contribution in [3.8, 4) is 0 Å². The monoisotopic (exact) mass is 341 g/mol. The van der Waals surface area contributed by atoms with Crippen LogP contribution in [-0.2, 0) is 9.59 Å². The third-order valence-electron chi connectivity index (χ3n) is 4.13. The van der Waals surface area contributed by atoms with E-state index in [1.165, 1.54) is 0 Å². The molecule has 2 amide bonds. The molecule has 2 aromatic rings. The third-order valence-corrected chi connectivity index (χ3v) is 4.13. The van der Waals surface area contributed by atoms with E-state index in [1.807, 2.05) is 37.3 Å². The van der Waals surface area contributed by atoms with Gasteiger partial charge in [-0.1, -0.05) is 43.3 Å². The molecule has 0 radical (unpaired) electrons. The van der Waals surface area contributed by atoms with Crippen molar-refractivity contribution in [2.45, 2.75) is 38.6 Å². The Labute approximate surface area is 149 Å². The molecule has 25 heavy (non-hydrogen) atoms. The number of amides is 2. The molecule has 134 valence electrons. The second-order valence-electron chi connectivity index (χ2n) is 6.17. The van der Waals surface area contributed by atoms with E-state index in [-0.39, 0.29) is 17.9 Å². The number of benzene rings is 2. The average molecular weight is 341 g/mol. The highest BCUT2D eigenvalue weighted by Crippen LogP contribution is 2.20. The molecular weight excluding hydrogens is 314 g/mol. The van der Waals surface area contributed by atoms with E-state index in [0.29, 0.717) is 32.4 Å². The lowest BCUT2D eigenvalue weighted by molar-refractivity contribution is -0.122. The minimum atomic E-state index is -0.217. The Hall–Kier alpha value is -2.40. The summed E-state index contributed by atoms with van der Waals surface area (Å²) in [4.78, 5) is 23.7. The van der Waals surface area contributed by atoms with Crippen molar-refractivity contribution in [2.24, 2.45) is 5.73 Å². The number of carbonyl (C=O) groups excluding carboxylic acids is 2. The van der Waals surface area contributed by atoms with Crippen LogP contribution < -0.4 is 16.4 Å². The van der Waals surface area contributed by atoms with E-state index < -0.39 is 0 Å². The van der Waals surface area contributed by atoms with Gasteiger partial charge in [-0.15, -0.1) is 0 Å². The van der Waals surface area contributed by atoms with Crippen molar-refractivity contribution in [2.75, 3.05) is 13.1 Å². The standard InChI is InChI=1S/C20H27N3O2/c1-2-12-22-19(24)8-5-9-20(25)23-18(14-21)17-11-10-15-6-3-4-7-16(15)13-17/h3-4,6-7,10-11,13,18H,2,5,8-9,12,14,21H2,1H3,(H,22,24)(H,23,25). The molecule has 0 spiro atoms. The minimum Gasteiger partial charge on any atom is -0.356 e. The third kappa shape index (κ3) is 5.87. The first-order chi connectivity index (χ1) is 12.1. The fourth-order valence-electron chi connectivity index (χ4n) is 2.73. The lowest BCUT2D eigenvalue weighted by Gasteiger charge is -2.18. The Morgan fingerprint density at radius 2 is 1.76 bits per heavy atom. The van der Waals surface area contributed by atoms with Gasteiger partial charge < -0.3 is 16.4 Å². The van der Waals surface area contributed by atoms with Crippen LogP contribution in [0.3, 0.4) is 0 Å². The van der Waals surface area contributed by atoms with Crippen LogP contribution in [0.15, 0.2) is 42.5 Å². The molecular formula is C20H27N3O2. The number of carbonyl (C=O) groups is 2. The maximum absolute atomic E-state index is 12.1. The first-order valence-electron chi connectivity index (χ1n) is 8.89. The smallest absolute Gasteiger partial charge is 0.220 e. The van der Waals surface area contributed by atoms with Crippen molar-refractivity contribution < 1.29 is 9.59 Å². The molecule has 0 heterocycles. The van der Waals surface area contributed by atoms with Gasteiger partial charge in [0.15, 0.2) is 0 Å². The summed E-state index contributed by atoms with van der Waals surface area (Å²) in [7, 11) is 0. The molecule has 5 heteroatoms. The molecule has 0 saturated carbocycles. The Morgan fingerprint density at radius 1 is 1.04 bits per heavy atom. The Kier molecular flexibility index (Phi) is 7.41. The summed E-state index contributed by atoms with van der Waals surface area (Å²) in [5, 5.41) is 8.06. The summed E-state index contributed by atoms with van der Waals surface area (Å²) in [5.74, 6) is -0.0774. The van der Waals surface area contributed by atoms with E-state index in [2.05, 4.69) is 22.8 Å². The van der Waals surface area contributed by atoms with Crippen LogP contribution in [0.4, 0.5) is 0 Å². The molecule has 0 aromatic heterocycles. The normalized spacial score (nSPS) is 11.9. The van der Waals surface area contributed by atoms with Crippen molar-refractivity contribution >= 4 is 22.6 Å². The molecule has 0 saturated heterocycles. The zero-order chi connectivity index (χ0) is 18.1. The average Bonchev–Trinajstić information content (AvgIpc) is 2.64. The quantitative estimate of drug-likeness (QED) is 0.655. The predicted octanol–water partition coefficient (Wildman–Crippen LogP) is 2.65. The van der Waals surface area contributed by atoms with Crippen molar-refractivity contribution in [1.82, 2.24) is 10.6 Å². The number of hydrogen-bond acceptors (Lipinski definition) is 3. The van der Waals surface area contributed by atoms with Crippen LogP contribution in [0.25, 0.3) is 10.8 Å². The fraction of sp³-hybridized carbons (Fsp3) is 0.400. The summed E-state index contributed by atoms with van der Waals surface area (Å²) >= 11 is 0. The maximum Gasteiger partial charge on any atom is 0.220 e. The number of hydrogen-bond donors (Lipinski definition) is 3. The Morgan fingerprint density at radius 3 is 2.48 bits per heavy atom. The first kappa shape index (κ1) is 18.9. The zero-order valence-corrected chi connectivity index (χ0v) is 14.8. The summed E-state index contributed by atoms with van der Waals surface area (Å²) in [6, 6.07) is 14.0. The van der Waals surface area contributed by atoms with Gasteiger partial charge in [-0.25, -0.2) is 0 Å². The number of rotatable bonds is 9. The molecule has 0 aliphatic heterocycles. The first-order valence-corrected chi connectivity index (χ1v) is 8.89. The molecule has 2 aromatic carbocycles. The topological polar surface area (TPSA) is 84.2 Å². The van der Waals surface area contributed by atoms with Crippen LogP contribution in [0, 0.1) is 0 Å². The highest BCUT2D eigenvalue weighted by Gasteiger charge is 2.13. The lowest BCUT2D eigenvalue weighted by atomic mass is 10.0. The van der Waals surface area contributed by atoms with Crippen molar-refractivity contribution in [1.29, 1.82) is 0 Å². The van der Waals surface area contributed by atoms with Gasteiger partial charge in [0.1, 0.15) is 0 Å². The van der Waals surface area contributed by atoms with Gasteiger partial charge in [-0.3, -0.25) is 9.59 Å². The van der Waals surface area contributed by atoms with Crippen molar-refractivity contribution in [3.63, 3.8) is 0 Å². The van der Waals surface area contributed by atoms with E-state index in [9.17, 15) is 9.59 Å². The molecule has 0 aliphatic carbocycles. The number of nitrogens with one attached hydrogen (secondary N) is 2. The van der Waals surface area contributed by atoms with Crippen LogP contribution in [0.5, 0.6) is 0 Å². The van der Waals surface area contributed by atoms with Crippen LogP contribution in [0.2, 0.25) is 0 Å². The van der Waals surface area contributed by atoms with Crippen molar-refractivity contribution in [3.05, 3.63) is 48.0 Å². The van der Waals surface area contributed by atoms with Gasteiger partial charge >= 0.3 is 0 Å². The predicted molar refractivity (Wildman–Crippen MR) is 101 cm³/mol. The summed E-state index contributed by atoms with van der Waals surface area (Å²) in [5.41, 5.74) is 6.85. The molecule has 1 unspecified atom stereocenters. The minimum absolute atomic E-state index is 0.000413. The van der Waals surface area contributed by atoms with Gasteiger partial charge in [0.25, 0.3) is 0 Å². The van der Waals surface area contributed by atoms with E-state index in [1.54, 1.807) is 0 Å². The van der Waals surface area contributed by atoms with Gasteiger partial charge in [-0.05, 0) is 35.2 Å². The van der Waals surface area contributed by atoms with E-state index >= 15 is 0 Å². The fourth-order valence-corrected chi connectivity index (χ4v) is 2.73. The van der Waals surface area contributed by atoms with Gasteiger partial charge in [-0.2, -0.15) is 0 Å². The Balaban J connectivity index is 1.87. The van der Waals surface area contributed by atoms with E-state index in [0.717, 1.165) is 22.8 Å². The van der Waals surface area contributed by atoms with Crippen LogP contribution in [-0.4, -0.2) is 24.9 Å². The SMILES string of the molecule is CCCNC(=O)CCCC(=O)NC(CN)c1ccc2ccccc2c1. The highest BCUT2D eigenvalue weighted by molar-refractivity contribution is 5.83. The molecule has 2 rings (SSSR count). The number of fused-ring (bicyclic) bond motifs is 1. The number of nitrogens with two attached hydrogens (primary N) is 1. The molecule has 0 bridgehead atoms. The maximum atomic E-state index is 12.1. The van der Waals surface area contributed by atoms with Gasteiger partial charge in [0, 0.05) is 25.9 Å². The van der Waals surface area contributed by atoms with Gasteiger partial charge in [0.05, 0.1) is 6.04 Å². The molecule has 4 N–H and O–H groups in total. The summed E-state index contributed by atoms with van der Waals surface area (Å²) in [6.45, 7) is 3.02. The summed E-state index contributed by atoms with van der Waals surface area (Å²) in [6.07, 6.45) is 2.15. The molecule has 0 fully saturated rings. The zero-order valence-electron chi connectivity index (χ0n) is 14.8. The lowest BCUT2D eigenvalue weighted by Crippen LogP contribution is -2.33. The second kappa shape index (κ2) is 9.79. The Bertz CT molecular complexity index is 715. The van der Waals surface area contributed by atoms with Crippen LogP contribution in [0.1, 0.15) is 44.2 Å². The molecule has 0 aliphatic rings. The molecule has 5 nitrogen and oxygen atoms in total. The van der Waals surface area contributed by atoms with Crippen LogP contribution >= 0.6 is 0 Å². The van der Waals surface area contributed by atoms with Gasteiger partial charge in [0.2, 0.25) is 11.8 Å². The highest BCUT2D eigenvalue weighted by atomic mass is 16.2.